The molecule has 0 spiro atoms. The number of aryl methyl sites for hydroxylation is 1. The maximum atomic E-state index is 2.34. The van der Waals surface area contributed by atoms with Crippen molar-refractivity contribution < 1.29 is 31.0 Å². The molecule has 15 heavy (non-hydrogen) atoms. The van der Waals surface area contributed by atoms with Crippen LogP contribution in [-0.2, 0) is 31.0 Å². The van der Waals surface area contributed by atoms with E-state index in [0.29, 0.717) is 0 Å². The van der Waals surface area contributed by atoms with Gasteiger partial charge in [-0.1, -0.05) is 0 Å². The third-order valence-electron chi connectivity index (χ3n) is 2.65. The van der Waals surface area contributed by atoms with Crippen LogP contribution in [0.1, 0.15) is 5.56 Å². The van der Waals surface area contributed by atoms with Crippen molar-refractivity contribution in [1.29, 1.82) is 0 Å². The second kappa shape index (κ2) is 3.66. The second-order valence-corrected chi connectivity index (χ2v) is 6.58. The molecule has 1 aromatic heterocycles. The van der Waals surface area contributed by atoms with E-state index >= 15 is 0 Å². The van der Waals surface area contributed by atoms with Gasteiger partial charge in [-0.3, -0.25) is 0 Å². The van der Waals surface area contributed by atoms with E-state index in [2.05, 4.69) is 43.3 Å². The summed E-state index contributed by atoms with van der Waals surface area (Å²) in [4.78, 5) is 0. The van der Waals surface area contributed by atoms with E-state index in [1.165, 1.54) is 59.1 Å². The molecule has 0 saturated heterocycles. The Bertz CT molecular complexity index is 596. The minimum atomic E-state index is 1.20. The van der Waals surface area contributed by atoms with Crippen LogP contribution >= 0.6 is 11.3 Å². The van der Waals surface area contributed by atoms with Crippen molar-refractivity contribution in [3.63, 3.8) is 0 Å². The van der Waals surface area contributed by atoms with Crippen LogP contribution in [0.25, 0.3) is 20.2 Å². The summed E-state index contributed by atoms with van der Waals surface area (Å²) in [5.74, 6) is 0. The molecule has 0 atom stereocenters. The van der Waals surface area contributed by atoms with Gasteiger partial charge < -0.3 is 0 Å². The predicted octanol–water partition coefficient (Wildman–Crippen LogP) is 3.54. The Hall–Kier alpha value is -0.236. The van der Waals surface area contributed by atoms with Gasteiger partial charge in [0.2, 0.25) is 0 Å². The Morgan fingerprint density at radius 1 is 0.933 bits per heavy atom. The van der Waals surface area contributed by atoms with Crippen LogP contribution in [0.15, 0.2) is 36.4 Å². The fourth-order valence-corrected chi connectivity index (χ4v) is 3.62. The van der Waals surface area contributed by atoms with Crippen molar-refractivity contribution in [3.05, 3.63) is 42.0 Å². The molecule has 3 aromatic rings. The van der Waals surface area contributed by atoms with Gasteiger partial charge in [0.05, 0.1) is 0 Å². The summed E-state index contributed by atoms with van der Waals surface area (Å²) >= 11 is 3.09. The number of thiophene rings is 1. The van der Waals surface area contributed by atoms with E-state index in [0.717, 1.165) is 0 Å². The van der Waals surface area contributed by atoms with Gasteiger partial charge in [0.15, 0.2) is 0 Å². The molecule has 0 saturated carbocycles. The van der Waals surface area contributed by atoms with E-state index in [4.69, 9.17) is 0 Å². The van der Waals surface area contributed by atoms with Gasteiger partial charge in [0.25, 0.3) is 0 Å². The molecule has 2 aromatic carbocycles. The van der Waals surface area contributed by atoms with Crippen molar-refractivity contribution in [2.45, 2.75) is 6.92 Å². The van der Waals surface area contributed by atoms with Crippen LogP contribution in [0.3, 0.4) is 0 Å². The van der Waals surface area contributed by atoms with Crippen LogP contribution in [0, 0.1) is 6.92 Å². The quantitative estimate of drug-likeness (QED) is 0.593. The van der Waals surface area contributed by atoms with Gasteiger partial charge >= 0.3 is 114 Å². The molecule has 0 nitrogen and oxygen atoms in total. The zero-order valence-electron chi connectivity index (χ0n) is 8.45. The number of benzene rings is 2. The molecule has 0 unspecified atom stereocenters. The van der Waals surface area contributed by atoms with E-state index < -0.39 is 0 Å². The fourth-order valence-electron chi connectivity index (χ4n) is 1.91. The van der Waals surface area contributed by atoms with Crippen molar-refractivity contribution >= 4 is 33.9 Å². The fraction of sp³-hybridized carbons (Fsp3) is 0.0769. The topological polar surface area (TPSA) is 0 Å². The third kappa shape index (κ3) is 1.67. The molecular weight excluding hydrogens is 277 g/mol. The molecular formula is C13H9SY. The normalized spacial score (nSPS) is 11.2. The van der Waals surface area contributed by atoms with E-state index in [9.17, 15) is 0 Å². The monoisotopic (exact) mass is 286 g/mol. The summed E-state index contributed by atoms with van der Waals surface area (Å²) < 4.78 is 4.28. The number of hydrogen-bond acceptors (Lipinski definition) is 1. The third-order valence-corrected chi connectivity index (χ3v) is 4.68. The van der Waals surface area contributed by atoms with Crippen molar-refractivity contribution in [1.82, 2.24) is 0 Å². The SMILES string of the molecule is Cc1ccc2sc3cc[c]([Y])cc3c2c1. The van der Waals surface area contributed by atoms with E-state index in [-0.39, 0.29) is 0 Å². The van der Waals surface area contributed by atoms with E-state index in [1.807, 2.05) is 11.3 Å². The summed E-state index contributed by atoms with van der Waals surface area (Å²) in [6.07, 6.45) is 0. The van der Waals surface area contributed by atoms with E-state index in [1.54, 1.807) is 0 Å². The molecule has 70 valence electrons. The summed E-state index contributed by atoms with van der Waals surface area (Å²) in [5.41, 5.74) is 1.35. The Labute approximate surface area is 113 Å². The van der Waals surface area contributed by atoms with Crippen LogP contribution in [0.5, 0.6) is 0 Å². The average molecular weight is 286 g/mol. The summed E-state index contributed by atoms with van der Waals surface area (Å²) in [7, 11) is 0. The van der Waals surface area contributed by atoms with Crippen LogP contribution in [0.4, 0.5) is 0 Å². The van der Waals surface area contributed by atoms with Gasteiger partial charge in [-0.2, -0.15) is 0 Å². The van der Waals surface area contributed by atoms with Gasteiger partial charge in [0, 0.05) is 0 Å². The standard InChI is InChI=1S/C13H9S.Y/c1-9-6-7-13-11(8-9)10-4-2-3-5-12(10)14-13;/h3-8H,1H3;. The van der Waals surface area contributed by atoms with Crippen molar-refractivity contribution in [2.24, 2.45) is 0 Å². The zero-order chi connectivity index (χ0) is 10.4. The van der Waals surface area contributed by atoms with Gasteiger partial charge in [-0.05, 0) is 0 Å². The van der Waals surface area contributed by atoms with Gasteiger partial charge in [-0.15, -0.1) is 0 Å². The Morgan fingerprint density at radius 3 is 2.40 bits per heavy atom. The van der Waals surface area contributed by atoms with Crippen LogP contribution < -0.4 is 2.37 Å². The van der Waals surface area contributed by atoms with Crippen LogP contribution in [0.2, 0.25) is 0 Å². The number of rotatable bonds is 0. The first kappa shape index (κ1) is 9.95. The first-order valence-electron chi connectivity index (χ1n) is 4.92. The van der Waals surface area contributed by atoms with Crippen molar-refractivity contribution in [2.75, 3.05) is 0 Å². The molecule has 0 amide bonds. The molecule has 0 N–H and O–H groups in total. The second-order valence-electron chi connectivity index (χ2n) is 3.86. The Morgan fingerprint density at radius 2 is 1.60 bits per heavy atom. The summed E-state index contributed by atoms with van der Waals surface area (Å²) in [5, 5.41) is 2.86. The summed E-state index contributed by atoms with van der Waals surface area (Å²) in [6, 6.07) is 13.6. The zero-order valence-corrected chi connectivity index (χ0v) is 12.1. The molecule has 2 heteroatoms. The number of hydrogen-bond donors (Lipinski definition) is 0. The van der Waals surface area contributed by atoms with Gasteiger partial charge in [0.1, 0.15) is 0 Å². The Kier molecular flexibility index (Phi) is 2.43. The summed E-state index contributed by atoms with van der Waals surface area (Å²) in [6.45, 7) is 2.16. The average Bonchev–Trinajstić information content (AvgIpc) is 2.56. The predicted molar refractivity (Wildman–Crippen MR) is 63.7 cm³/mol. The minimum absolute atomic E-state index is 1.20. The first-order valence-corrected chi connectivity index (χ1v) is 7.16. The molecule has 0 aliphatic heterocycles. The van der Waals surface area contributed by atoms with Gasteiger partial charge in [-0.25, -0.2) is 0 Å². The first-order chi connectivity index (χ1) is 7.24. The number of fused-ring (bicyclic) bond motifs is 3. The van der Waals surface area contributed by atoms with Crippen LogP contribution in [-0.4, -0.2) is 0 Å². The molecule has 0 aliphatic carbocycles. The maximum absolute atomic E-state index is 2.34. The molecule has 0 bridgehead atoms. The molecule has 1 heterocycles. The van der Waals surface area contributed by atoms with Crippen molar-refractivity contribution in [3.8, 4) is 0 Å². The molecule has 0 fully saturated rings. The molecule has 0 radical (unpaired) electrons. The Balaban J connectivity index is 2.55. The molecule has 3 rings (SSSR count). The molecule has 0 aliphatic rings.